The minimum absolute atomic E-state index is 0.0393. The summed E-state index contributed by atoms with van der Waals surface area (Å²) in [4.78, 5) is 16.7. The number of amides is 1. The third kappa shape index (κ3) is 3.20. The van der Waals surface area contributed by atoms with Crippen LogP contribution in [0.2, 0.25) is 0 Å². The number of carbonyl (C=O) groups is 1. The highest BCUT2D eigenvalue weighted by Crippen LogP contribution is 2.44. The molecule has 3 atom stereocenters. The third-order valence-electron chi connectivity index (χ3n) is 4.98. The molecule has 1 aromatic rings. The Morgan fingerprint density at radius 1 is 1.55 bits per heavy atom. The van der Waals surface area contributed by atoms with Gasteiger partial charge < -0.3 is 11.1 Å². The number of hydrogen-bond donors (Lipinski definition) is 2. The SMILES string of the molecule is CC1C(N)CCC(C(=O)NCCc2cscn2)C1(C)C. The number of hydrogen-bond acceptors (Lipinski definition) is 4. The first-order valence-electron chi connectivity index (χ1n) is 7.33. The summed E-state index contributed by atoms with van der Waals surface area (Å²) in [5.41, 5.74) is 8.98. The molecule has 0 spiro atoms. The van der Waals surface area contributed by atoms with E-state index in [-0.39, 0.29) is 23.3 Å². The summed E-state index contributed by atoms with van der Waals surface area (Å²) >= 11 is 1.59. The van der Waals surface area contributed by atoms with Crippen LogP contribution >= 0.6 is 11.3 Å². The first-order chi connectivity index (χ1) is 9.43. The Morgan fingerprint density at radius 2 is 2.30 bits per heavy atom. The predicted octanol–water partition coefficient (Wildman–Crippen LogP) is 2.20. The topological polar surface area (TPSA) is 68.0 Å². The zero-order chi connectivity index (χ0) is 14.8. The van der Waals surface area contributed by atoms with Gasteiger partial charge in [0.25, 0.3) is 0 Å². The van der Waals surface area contributed by atoms with Crippen molar-refractivity contribution in [3.63, 3.8) is 0 Å². The van der Waals surface area contributed by atoms with Gasteiger partial charge in [-0.2, -0.15) is 0 Å². The lowest BCUT2D eigenvalue weighted by atomic mass is 9.61. The predicted molar refractivity (Wildman–Crippen MR) is 82.5 cm³/mol. The zero-order valence-corrected chi connectivity index (χ0v) is 13.4. The smallest absolute Gasteiger partial charge is 0.223 e. The molecule has 112 valence electrons. The Hall–Kier alpha value is -0.940. The van der Waals surface area contributed by atoms with Gasteiger partial charge in [-0.05, 0) is 24.2 Å². The van der Waals surface area contributed by atoms with Crippen molar-refractivity contribution in [3.05, 3.63) is 16.6 Å². The van der Waals surface area contributed by atoms with Gasteiger partial charge in [-0.1, -0.05) is 20.8 Å². The molecule has 20 heavy (non-hydrogen) atoms. The molecule has 3 N–H and O–H groups in total. The minimum atomic E-state index is -0.0393. The molecule has 1 fully saturated rings. The maximum Gasteiger partial charge on any atom is 0.223 e. The lowest BCUT2D eigenvalue weighted by Crippen LogP contribution is -2.51. The lowest BCUT2D eigenvalue weighted by Gasteiger charge is -2.46. The highest BCUT2D eigenvalue weighted by atomic mass is 32.1. The molecular weight excluding hydrogens is 270 g/mol. The van der Waals surface area contributed by atoms with Gasteiger partial charge in [-0.25, -0.2) is 4.98 Å². The van der Waals surface area contributed by atoms with E-state index in [0.717, 1.165) is 25.0 Å². The highest BCUT2D eigenvalue weighted by Gasteiger charge is 2.44. The van der Waals surface area contributed by atoms with Crippen molar-refractivity contribution >= 4 is 17.2 Å². The third-order valence-corrected chi connectivity index (χ3v) is 5.62. The molecule has 1 saturated carbocycles. The van der Waals surface area contributed by atoms with Crippen LogP contribution in [0.15, 0.2) is 10.9 Å². The van der Waals surface area contributed by atoms with Crippen molar-refractivity contribution in [2.75, 3.05) is 6.54 Å². The molecule has 2 rings (SSSR count). The summed E-state index contributed by atoms with van der Waals surface area (Å²) in [6.45, 7) is 7.16. The lowest BCUT2D eigenvalue weighted by molar-refractivity contribution is -0.132. The van der Waals surface area contributed by atoms with Crippen molar-refractivity contribution in [1.82, 2.24) is 10.3 Å². The van der Waals surface area contributed by atoms with Gasteiger partial charge in [0.1, 0.15) is 0 Å². The van der Waals surface area contributed by atoms with Gasteiger partial charge in [-0.15, -0.1) is 11.3 Å². The van der Waals surface area contributed by atoms with E-state index in [4.69, 9.17) is 5.73 Å². The summed E-state index contributed by atoms with van der Waals surface area (Å²) in [5, 5.41) is 5.09. The first kappa shape index (κ1) is 15.4. The van der Waals surface area contributed by atoms with E-state index in [9.17, 15) is 4.79 Å². The van der Waals surface area contributed by atoms with Crippen LogP contribution in [0.1, 0.15) is 39.3 Å². The van der Waals surface area contributed by atoms with E-state index in [0.29, 0.717) is 12.5 Å². The number of nitrogens with one attached hydrogen (secondary N) is 1. The summed E-state index contributed by atoms with van der Waals surface area (Å²) in [6, 6.07) is 0.212. The summed E-state index contributed by atoms with van der Waals surface area (Å²) in [7, 11) is 0. The molecule has 4 nitrogen and oxygen atoms in total. The van der Waals surface area contributed by atoms with Crippen LogP contribution in [-0.2, 0) is 11.2 Å². The molecule has 0 radical (unpaired) electrons. The molecule has 0 aliphatic heterocycles. The van der Waals surface area contributed by atoms with Crippen LogP contribution in [0.3, 0.4) is 0 Å². The number of nitrogens with zero attached hydrogens (tertiary/aromatic N) is 1. The number of thiazole rings is 1. The van der Waals surface area contributed by atoms with Gasteiger partial charge in [0.15, 0.2) is 0 Å². The highest BCUT2D eigenvalue weighted by molar-refractivity contribution is 7.07. The quantitative estimate of drug-likeness (QED) is 0.895. The average molecular weight is 295 g/mol. The zero-order valence-electron chi connectivity index (χ0n) is 12.6. The van der Waals surface area contributed by atoms with Crippen LogP contribution in [0, 0.1) is 17.3 Å². The molecule has 1 amide bonds. The monoisotopic (exact) mass is 295 g/mol. The van der Waals surface area contributed by atoms with Crippen LogP contribution < -0.4 is 11.1 Å². The van der Waals surface area contributed by atoms with E-state index in [1.54, 1.807) is 11.3 Å². The molecule has 3 unspecified atom stereocenters. The van der Waals surface area contributed by atoms with Gasteiger partial charge in [0.2, 0.25) is 5.91 Å². The Balaban J connectivity index is 1.88. The second-order valence-electron chi connectivity index (χ2n) is 6.42. The molecule has 1 aliphatic carbocycles. The molecule has 1 aliphatic rings. The van der Waals surface area contributed by atoms with Gasteiger partial charge >= 0.3 is 0 Å². The molecule has 5 heteroatoms. The number of carbonyl (C=O) groups excluding carboxylic acids is 1. The van der Waals surface area contributed by atoms with E-state index in [1.807, 2.05) is 10.9 Å². The molecule has 1 heterocycles. The molecule has 0 aromatic carbocycles. The van der Waals surface area contributed by atoms with E-state index < -0.39 is 0 Å². The standard InChI is InChI=1S/C15H25N3OS/c1-10-13(16)5-4-12(15(10,2)3)14(19)17-7-6-11-8-20-9-18-11/h8-10,12-13H,4-7,16H2,1-3H3,(H,17,19). The van der Waals surface area contributed by atoms with Gasteiger partial charge in [-0.3, -0.25) is 4.79 Å². The number of rotatable bonds is 4. The maximum atomic E-state index is 12.4. The van der Waals surface area contributed by atoms with E-state index >= 15 is 0 Å². The average Bonchev–Trinajstić information content (AvgIpc) is 2.89. The molecular formula is C15H25N3OS. The largest absolute Gasteiger partial charge is 0.355 e. The fourth-order valence-corrected chi connectivity index (χ4v) is 3.71. The summed E-state index contributed by atoms with van der Waals surface area (Å²) < 4.78 is 0. The summed E-state index contributed by atoms with van der Waals surface area (Å²) in [5.74, 6) is 0.599. The van der Waals surface area contributed by atoms with Crippen LogP contribution in [-0.4, -0.2) is 23.5 Å². The van der Waals surface area contributed by atoms with E-state index in [1.165, 1.54) is 0 Å². The Morgan fingerprint density at radius 3 is 2.95 bits per heavy atom. The normalized spacial score (nSPS) is 29.1. The minimum Gasteiger partial charge on any atom is -0.355 e. The first-order valence-corrected chi connectivity index (χ1v) is 8.27. The van der Waals surface area contributed by atoms with E-state index in [2.05, 4.69) is 31.1 Å². The van der Waals surface area contributed by atoms with Crippen molar-refractivity contribution in [1.29, 1.82) is 0 Å². The molecule has 0 saturated heterocycles. The Bertz CT molecular complexity index is 444. The maximum absolute atomic E-state index is 12.4. The van der Waals surface area contributed by atoms with Crippen molar-refractivity contribution in [2.24, 2.45) is 23.0 Å². The fraction of sp³-hybridized carbons (Fsp3) is 0.733. The second-order valence-corrected chi connectivity index (χ2v) is 7.14. The second kappa shape index (κ2) is 6.22. The fourth-order valence-electron chi connectivity index (χ4n) is 3.12. The van der Waals surface area contributed by atoms with Crippen LogP contribution in [0.4, 0.5) is 0 Å². The van der Waals surface area contributed by atoms with Crippen molar-refractivity contribution < 1.29 is 4.79 Å². The summed E-state index contributed by atoms with van der Waals surface area (Å²) in [6.07, 6.45) is 2.63. The molecule has 0 bridgehead atoms. The van der Waals surface area contributed by atoms with Crippen LogP contribution in [0.5, 0.6) is 0 Å². The van der Waals surface area contributed by atoms with Crippen LogP contribution in [0.25, 0.3) is 0 Å². The Labute approximate surface area is 125 Å². The molecule has 1 aromatic heterocycles. The van der Waals surface area contributed by atoms with Crippen molar-refractivity contribution in [2.45, 2.75) is 46.1 Å². The van der Waals surface area contributed by atoms with Crippen molar-refractivity contribution in [3.8, 4) is 0 Å². The number of aromatic nitrogens is 1. The van der Waals surface area contributed by atoms with Gasteiger partial charge in [0, 0.05) is 30.3 Å². The van der Waals surface area contributed by atoms with Gasteiger partial charge in [0.05, 0.1) is 11.2 Å². The Kier molecular flexibility index (Phi) is 4.81. The number of nitrogens with two attached hydrogens (primary N) is 1.